The van der Waals surface area contributed by atoms with Gasteiger partial charge < -0.3 is 58.9 Å². The molecule has 5 atom stereocenters. The van der Waals surface area contributed by atoms with Gasteiger partial charge in [-0.1, -0.05) is 0 Å². The maximum absolute atomic E-state index is 13.2. The van der Waals surface area contributed by atoms with Crippen LogP contribution in [0.1, 0.15) is 57.8 Å². The number of amides is 6. The van der Waals surface area contributed by atoms with Crippen molar-refractivity contribution in [2.75, 3.05) is 0 Å². The highest BCUT2D eigenvalue weighted by molar-refractivity contribution is 5.96. The van der Waals surface area contributed by atoms with Gasteiger partial charge in [-0.3, -0.25) is 43.2 Å². The van der Waals surface area contributed by atoms with E-state index < -0.39 is 147 Å². The fourth-order valence-corrected chi connectivity index (χ4v) is 3.56. The van der Waals surface area contributed by atoms with Gasteiger partial charge in [0.2, 0.25) is 35.4 Å². The van der Waals surface area contributed by atoms with Gasteiger partial charge >= 0.3 is 23.9 Å². The summed E-state index contributed by atoms with van der Waals surface area (Å²) in [5.41, 5.74) is 15.6. The molecule has 0 heterocycles. The van der Waals surface area contributed by atoms with Crippen molar-refractivity contribution in [2.24, 2.45) is 17.2 Å². The van der Waals surface area contributed by atoms with Crippen LogP contribution in [0.15, 0.2) is 0 Å². The van der Waals surface area contributed by atoms with Crippen LogP contribution in [-0.4, -0.2) is 110 Å². The van der Waals surface area contributed by atoms with Crippen LogP contribution in [0.3, 0.4) is 0 Å². The molecule has 0 spiro atoms. The molecule has 0 rings (SSSR count). The lowest BCUT2D eigenvalue weighted by Crippen LogP contribution is -2.58. The number of carbonyl (C=O) groups is 10. The molecular formula is C24H37N7O14. The van der Waals surface area contributed by atoms with Crippen LogP contribution in [0.25, 0.3) is 0 Å². The zero-order valence-electron chi connectivity index (χ0n) is 23.9. The van der Waals surface area contributed by atoms with Crippen molar-refractivity contribution >= 4 is 59.3 Å². The standard InChI is InChI=1S/C24H37N7O14/c25-10(9-16(27)33)20(40)28-12(2-6-17(34)35)21(41)30-13(3-7-18(36)37)22(42)29-11(1-5-15(26)32)23(43)31-14(24(44)45)4-8-19(38)39/h10-14H,1-9,25H2,(H2,26,32)(H2,27,33)(H,28,40)(H,29,42)(H,30,41)(H,31,43)(H,34,35)(H,36,37)(H,38,39)(H,44,45)/t10-,11-,12-,13-,14-/m0/s1. The predicted molar refractivity (Wildman–Crippen MR) is 146 cm³/mol. The van der Waals surface area contributed by atoms with Crippen LogP contribution >= 0.6 is 0 Å². The average molecular weight is 648 g/mol. The number of rotatable bonds is 23. The Morgan fingerprint density at radius 3 is 1.09 bits per heavy atom. The molecule has 0 fully saturated rings. The van der Waals surface area contributed by atoms with E-state index in [2.05, 4.69) is 16.0 Å². The van der Waals surface area contributed by atoms with Crippen molar-refractivity contribution in [3.63, 3.8) is 0 Å². The van der Waals surface area contributed by atoms with Crippen LogP contribution in [0, 0.1) is 0 Å². The van der Waals surface area contributed by atoms with Gasteiger partial charge in [0.05, 0.1) is 12.5 Å². The number of hydrogen-bond acceptors (Lipinski definition) is 11. The summed E-state index contributed by atoms with van der Waals surface area (Å²) in [6.45, 7) is 0. The predicted octanol–water partition coefficient (Wildman–Crippen LogP) is -4.93. The van der Waals surface area contributed by atoms with Gasteiger partial charge in [-0.25, -0.2) is 4.79 Å². The average Bonchev–Trinajstić information content (AvgIpc) is 2.91. The van der Waals surface area contributed by atoms with Crippen molar-refractivity contribution in [2.45, 2.75) is 88.0 Å². The zero-order valence-corrected chi connectivity index (χ0v) is 23.9. The van der Waals surface area contributed by atoms with Gasteiger partial charge in [-0.15, -0.1) is 0 Å². The second-order valence-corrected chi connectivity index (χ2v) is 9.66. The summed E-state index contributed by atoms with van der Waals surface area (Å²) >= 11 is 0. The maximum Gasteiger partial charge on any atom is 0.326 e. The monoisotopic (exact) mass is 647 g/mol. The van der Waals surface area contributed by atoms with Crippen molar-refractivity contribution in [3.05, 3.63) is 0 Å². The van der Waals surface area contributed by atoms with Crippen LogP contribution in [0.4, 0.5) is 0 Å². The maximum atomic E-state index is 13.2. The Hall–Kier alpha value is -5.34. The first kappa shape index (κ1) is 39.7. The smallest absolute Gasteiger partial charge is 0.326 e. The largest absolute Gasteiger partial charge is 0.481 e. The molecule has 0 aliphatic carbocycles. The van der Waals surface area contributed by atoms with E-state index >= 15 is 0 Å². The Bertz CT molecular complexity index is 1160. The number of primary amides is 2. The van der Waals surface area contributed by atoms with E-state index in [1.54, 1.807) is 0 Å². The molecule has 21 nitrogen and oxygen atoms in total. The molecule has 0 aromatic rings. The van der Waals surface area contributed by atoms with Crippen molar-refractivity contribution < 1.29 is 68.4 Å². The lowest BCUT2D eigenvalue weighted by molar-refractivity contribution is -0.144. The van der Waals surface area contributed by atoms with Gasteiger partial charge in [0.15, 0.2) is 0 Å². The molecule has 0 saturated carbocycles. The lowest BCUT2D eigenvalue weighted by atomic mass is 10.0. The summed E-state index contributed by atoms with van der Waals surface area (Å²) in [6.07, 6.45) is -5.35. The third kappa shape index (κ3) is 17.4. The van der Waals surface area contributed by atoms with E-state index in [0.717, 1.165) is 0 Å². The highest BCUT2D eigenvalue weighted by atomic mass is 16.4. The molecule has 45 heavy (non-hydrogen) atoms. The highest BCUT2D eigenvalue weighted by Gasteiger charge is 2.32. The third-order valence-corrected chi connectivity index (χ3v) is 5.89. The molecule has 0 radical (unpaired) electrons. The first-order valence-electron chi connectivity index (χ1n) is 13.3. The van der Waals surface area contributed by atoms with Gasteiger partial charge in [-0.2, -0.15) is 0 Å². The molecule has 0 aliphatic heterocycles. The lowest BCUT2D eigenvalue weighted by Gasteiger charge is -2.26. The zero-order chi connectivity index (χ0) is 34.9. The van der Waals surface area contributed by atoms with Crippen LogP contribution in [-0.2, 0) is 47.9 Å². The Morgan fingerprint density at radius 1 is 0.467 bits per heavy atom. The Kier molecular flexibility index (Phi) is 17.4. The minimum atomic E-state index is -1.75. The summed E-state index contributed by atoms with van der Waals surface area (Å²) in [5.74, 6) is -12.3. The number of carbonyl (C=O) groups excluding carboxylic acids is 6. The van der Waals surface area contributed by atoms with Crippen LogP contribution < -0.4 is 38.5 Å². The number of carboxylic acid groups (broad SMARTS) is 4. The minimum absolute atomic E-state index is 0.493. The molecular weight excluding hydrogens is 610 g/mol. The summed E-state index contributed by atoms with van der Waals surface area (Å²) in [5, 5.41) is 44.7. The number of nitrogens with two attached hydrogens (primary N) is 3. The van der Waals surface area contributed by atoms with Crippen LogP contribution in [0.5, 0.6) is 0 Å². The fourth-order valence-electron chi connectivity index (χ4n) is 3.56. The van der Waals surface area contributed by atoms with E-state index in [4.69, 9.17) is 32.5 Å². The van der Waals surface area contributed by atoms with Gasteiger partial charge in [0.25, 0.3) is 0 Å². The van der Waals surface area contributed by atoms with Crippen molar-refractivity contribution in [1.82, 2.24) is 21.3 Å². The van der Waals surface area contributed by atoms with E-state index in [9.17, 15) is 53.1 Å². The van der Waals surface area contributed by atoms with E-state index in [-0.39, 0.29) is 0 Å². The third-order valence-electron chi connectivity index (χ3n) is 5.89. The molecule has 6 amide bonds. The van der Waals surface area contributed by atoms with Crippen molar-refractivity contribution in [3.8, 4) is 0 Å². The summed E-state index contributed by atoms with van der Waals surface area (Å²) in [4.78, 5) is 118. The number of nitrogens with one attached hydrogen (secondary N) is 4. The minimum Gasteiger partial charge on any atom is -0.481 e. The normalized spacial score (nSPS) is 13.9. The Balaban J connectivity index is 6.08. The van der Waals surface area contributed by atoms with Gasteiger partial charge in [0.1, 0.15) is 24.2 Å². The van der Waals surface area contributed by atoms with E-state index in [0.29, 0.717) is 0 Å². The topological polar surface area (TPSA) is 378 Å². The molecule has 21 heteroatoms. The molecule has 0 aromatic heterocycles. The summed E-state index contributed by atoms with van der Waals surface area (Å²) in [7, 11) is 0. The molecule has 0 aliphatic rings. The summed E-state index contributed by atoms with van der Waals surface area (Å²) in [6, 6.07) is -8.34. The molecule has 0 aromatic carbocycles. The quantitative estimate of drug-likeness (QED) is 0.0495. The number of hydrogen-bond donors (Lipinski definition) is 11. The molecule has 0 saturated heterocycles. The highest BCUT2D eigenvalue weighted by Crippen LogP contribution is 2.07. The molecule has 0 bridgehead atoms. The molecule has 0 unspecified atom stereocenters. The first-order valence-corrected chi connectivity index (χ1v) is 13.3. The second-order valence-electron chi connectivity index (χ2n) is 9.66. The van der Waals surface area contributed by atoms with Crippen molar-refractivity contribution in [1.29, 1.82) is 0 Å². The molecule has 252 valence electrons. The van der Waals surface area contributed by atoms with Gasteiger partial charge in [0, 0.05) is 25.7 Å². The Labute approximate surface area is 254 Å². The SMILES string of the molecule is NC(=O)CC[C@H](NC(=O)[C@H](CCC(=O)O)NC(=O)[C@H](CCC(=O)O)NC(=O)[C@@H](N)CC(N)=O)C(=O)N[C@@H](CCC(=O)O)C(=O)O. The fraction of sp³-hybridized carbons (Fsp3) is 0.583. The van der Waals surface area contributed by atoms with E-state index in [1.165, 1.54) is 0 Å². The second kappa shape index (κ2) is 19.8. The first-order chi connectivity index (χ1) is 20.8. The van der Waals surface area contributed by atoms with Crippen LogP contribution in [0.2, 0.25) is 0 Å². The number of carboxylic acids is 4. The van der Waals surface area contributed by atoms with Gasteiger partial charge in [-0.05, 0) is 25.7 Å². The number of aliphatic carboxylic acids is 4. The Morgan fingerprint density at radius 2 is 0.778 bits per heavy atom. The summed E-state index contributed by atoms with van der Waals surface area (Å²) < 4.78 is 0. The van der Waals surface area contributed by atoms with E-state index in [1.807, 2.05) is 5.32 Å². The molecule has 14 N–H and O–H groups in total.